The van der Waals surface area contributed by atoms with E-state index in [2.05, 4.69) is 34.4 Å². The zero-order valence-electron chi connectivity index (χ0n) is 8.55. The van der Waals surface area contributed by atoms with Crippen LogP contribution in [0, 0.1) is 0 Å². The molecule has 0 saturated carbocycles. The van der Waals surface area contributed by atoms with Crippen molar-refractivity contribution >= 4 is 27.7 Å². The van der Waals surface area contributed by atoms with E-state index in [1.807, 2.05) is 17.8 Å². The molecule has 0 spiro atoms. The quantitative estimate of drug-likeness (QED) is 0.864. The molecule has 1 aromatic heterocycles. The van der Waals surface area contributed by atoms with Gasteiger partial charge < -0.3 is 9.73 Å². The lowest BCUT2D eigenvalue weighted by Gasteiger charge is -2.14. The first-order chi connectivity index (χ1) is 6.77. The van der Waals surface area contributed by atoms with E-state index in [1.54, 1.807) is 6.26 Å². The van der Waals surface area contributed by atoms with E-state index in [0.717, 1.165) is 29.0 Å². The number of halogens is 1. The zero-order valence-corrected chi connectivity index (χ0v) is 11.0. The van der Waals surface area contributed by atoms with Crippen LogP contribution in [0.2, 0.25) is 0 Å². The van der Waals surface area contributed by atoms with E-state index < -0.39 is 0 Å². The Morgan fingerprint density at radius 2 is 2.43 bits per heavy atom. The van der Waals surface area contributed by atoms with Crippen molar-refractivity contribution in [2.45, 2.75) is 25.9 Å². The molecule has 1 aromatic rings. The summed E-state index contributed by atoms with van der Waals surface area (Å²) in [7, 11) is 0. The van der Waals surface area contributed by atoms with Gasteiger partial charge in [-0.1, -0.05) is 6.92 Å². The summed E-state index contributed by atoms with van der Waals surface area (Å²) >= 11 is 5.31. The third kappa shape index (κ3) is 3.67. The van der Waals surface area contributed by atoms with Crippen LogP contribution in [0.3, 0.4) is 0 Å². The van der Waals surface area contributed by atoms with E-state index in [1.165, 1.54) is 0 Å². The molecule has 0 aliphatic heterocycles. The summed E-state index contributed by atoms with van der Waals surface area (Å²) in [6.45, 7) is 3.00. The van der Waals surface area contributed by atoms with Gasteiger partial charge >= 0.3 is 0 Å². The molecule has 0 radical (unpaired) electrons. The maximum absolute atomic E-state index is 5.32. The Bertz CT molecular complexity index is 264. The lowest BCUT2D eigenvalue weighted by molar-refractivity contribution is 0.451. The highest BCUT2D eigenvalue weighted by molar-refractivity contribution is 9.10. The Morgan fingerprint density at radius 3 is 2.93 bits per heavy atom. The predicted molar refractivity (Wildman–Crippen MR) is 65.7 cm³/mol. The summed E-state index contributed by atoms with van der Waals surface area (Å²) < 4.78 is 6.37. The van der Waals surface area contributed by atoms with Crippen LogP contribution < -0.4 is 5.32 Å². The van der Waals surface area contributed by atoms with Crippen molar-refractivity contribution in [3.05, 3.63) is 22.6 Å². The van der Waals surface area contributed by atoms with Crippen molar-refractivity contribution in [2.24, 2.45) is 0 Å². The van der Waals surface area contributed by atoms with Gasteiger partial charge in [0.15, 0.2) is 0 Å². The topological polar surface area (TPSA) is 25.2 Å². The SMILES string of the molecule is CCC(CSC)NCc1occc1Br. The highest BCUT2D eigenvalue weighted by Crippen LogP contribution is 2.17. The highest BCUT2D eigenvalue weighted by Gasteiger charge is 2.07. The number of thioether (sulfide) groups is 1. The van der Waals surface area contributed by atoms with Gasteiger partial charge in [0.1, 0.15) is 5.76 Å². The van der Waals surface area contributed by atoms with E-state index >= 15 is 0 Å². The molecule has 0 saturated heterocycles. The van der Waals surface area contributed by atoms with Gasteiger partial charge in [0.05, 0.1) is 17.3 Å². The molecular formula is C10H16BrNOS. The third-order valence-corrected chi connectivity index (χ3v) is 3.55. The molecule has 0 bridgehead atoms. The van der Waals surface area contributed by atoms with E-state index in [-0.39, 0.29) is 0 Å². The van der Waals surface area contributed by atoms with E-state index in [0.29, 0.717) is 6.04 Å². The summed E-state index contributed by atoms with van der Waals surface area (Å²) in [5.74, 6) is 2.12. The first kappa shape index (κ1) is 12.1. The van der Waals surface area contributed by atoms with Crippen molar-refractivity contribution < 1.29 is 4.42 Å². The van der Waals surface area contributed by atoms with Gasteiger partial charge in [-0.15, -0.1) is 0 Å². The molecule has 0 aromatic carbocycles. The molecule has 14 heavy (non-hydrogen) atoms. The molecular weight excluding hydrogens is 262 g/mol. The van der Waals surface area contributed by atoms with E-state index in [9.17, 15) is 0 Å². The van der Waals surface area contributed by atoms with Gasteiger partial charge in [-0.2, -0.15) is 11.8 Å². The standard InChI is InChI=1S/C10H16BrNOS/c1-3-8(7-14-2)12-6-10-9(11)4-5-13-10/h4-5,8,12H,3,6-7H2,1-2H3. The van der Waals surface area contributed by atoms with Gasteiger partial charge in [0.2, 0.25) is 0 Å². The Morgan fingerprint density at radius 1 is 1.64 bits per heavy atom. The fourth-order valence-electron chi connectivity index (χ4n) is 1.21. The normalized spacial score (nSPS) is 13.1. The van der Waals surface area contributed by atoms with Crippen LogP contribution >= 0.6 is 27.7 Å². The minimum Gasteiger partial charge on any atom is -0.467 e. The molecule has 0 fully saturated rings. The van der Waals surface area contributed by atoms with Gasteiger partial charge in [0, 0.05) is 11.8 Å². The lowest BCUT2D eigenvalue weighted by Crippen LogP contribution is -2.30. The molecule has 1 N–H and O–H groups in total. The second-order valence-corrected chi connectivity index (χ2v) is 4.90. The lowest BCUT2D eigenvalue weighted by atomic mass is 10.2. The third-order valence-electron chi connectivity index (χ3n) is 2.10. The van der Waals surface area contributed by atoms with Crippen LogP contribution in [0.4, 0.5) is 0 Å². The summed E-state index contributed by atoms with van der Waals surface area (Å²) in [6.07, 6.45) is 4.99. The molecule has 4 heteroatoms. The zero-order chi connectivity index (χ0) is 10.4. The second-order valence-electron chi connectivity index (χ2n) is 3.13. The minimum atomic E-state index is 0.571. The molecule has 0 amide bonds. The molecule has 0 aliphatic rings. The fraction of sp³-hybridized carbons (Fsp3) is 0.600. The number of hydrogen-bond acceptors (Lipinski definition) is 3. The predicted octanol–water partition coefficient (Wildman–Crippen LogP) is 3.27. The average molecular weight is 278 g/mol. The summed E-state index contributed by atoms with van der Waals surface area (Å²) in [4.78, 5) is 0. The second kappa shape index (κ2) is 6.53. The largest absolute Gasteiger partial charge is 0.467 e. The molecule has 1 rings (SSSR count). The maximum Gasteiger partial charge on any atom is 0.131 e. The number of nitrogens with one attached hydrogen (secondary N) is 1. The Hall–Kier alpha value is 0.0700. The average Bonchev–Trinajstić information content (AvgIpc) is 2.59. The highest BCUT2D eigenvalue weighted by atomic mass is 79.9. The summed E-state index contributed by atoms with van der Waals surface area (Å²) in [5, 5.41) is 3.47. The Balaban J connectivity index is 2.35. The van der Waals surface area contributed by atoms with Gasteiger partial charge in [-0.05, 0) is 34.7 Å². The van der Waals surface area contributed by atoms with Gasteiger partial charge in [-0.25, -0.2) is 0 Å². The molecule has 1 heterocycles. The van der Waals surface area contributed by atoms with Crippen LogP contribution in [-0.2, 0) is 6.54 Å². The van der Waals surface area contributed by atoms with E-state index in [4.69, 9.17) is 4.42 Å². The van der Waals surface area contributed by atoms with Crippen molar-refractivity contribution in [1.82, 2.24) is 5.32 Å². The maximum atomic E-state index is 5.32. The van der Waals surface area contributed by atoms with Crippen molar-refractivity contribution in [1.29, 1.82) is 0 Å². The Labute approximate surface area is 98.0 Å². The Kier molecular flexibility index (Phi) is 5.67. The first-order valence-corrected chi connectivity index (χ1v) is 6.90. The van der Waals surface area contributed by atoms with Crippen LogP contribution in [0.5, 0.6) is 0 Å². The molecule has 80 valence electrons. The number of furan rings is 1. The van der Waals surface area contributed by atoms with Crippen LogP contribution in [-0.4, -0.2) is 18.1 Å². The van der Waals surface area contributed by atoms with Crippen molar-refractivity contribution in [3.63, 3.8) is 0 Å². The van der Waals surface area contributed by atoms with Gasteiger partial charge in [0.25, 0.3) is 0 Å². The van der Waals surface area contributed by atoms with Crippen LogP contribution in [0.15, 0.2) is 21.2 Å². The minimum absolute atomic E-state index is 0.571. The van der Waals surface area contributed by atoms with Crippen LogP contribution in [0.1, 0.15) is 19.1 Å². The monoisotopic (exact) mass is 277 g/mol. The van der Waals surface area contributed by atoms with Crippen molar-refractivity contribution in [3.8, 4) is 0 Å². The fourth-order valence-corrected chi connectivity index (χ4v) is 2.31. The van der Waals surface area contributed by atoms with Crippen molar-refractivity contribution in [2.75, 3.05) is 12.0 Å². The molecule has 0 aliphatic carbocycles. The van der Waals surface area contributed by atoms with Gasteiger partial charge in [-0.3, -0.25) is 0 Å². The summed E-state index contributed by atoms with van der Waals surface area (Å²) in [6, 6.07) is 2.49. The smallest absolute Gasteiger partial charge is 0.131 e. The first-order valence-electron chi connectivity index (χ1n) is 4.72. The number of rotatable bonds is 6. The number of hydrogen-bond donors (Lipinski definition) is 1. The summed E-state index contributed by atoms with van der Waals surface area (Å²) in [5.41, 5.74) is 0. The van der Waals surface area contributed by atoms with Crippen LogP contribution in [0.25, 0.3) is 0 Å². The molecule has 1 unspecified atom stereocenters. The molecule has 2 nitrogen and oxygen atoms in total. The molecule has 1 atom stereocenters.